The van der Waals surface area contributed by atoms with E-state index >= 15 is 0 Å². The Kier molecular flexibility index (Phi) is 6.02. The van der Waals surface area contributed by atoms with Crippen molar-refractivity contribution in [2.45, 2.75) is 11.8 Å². The second-order valence-electron chi connectivity index (χ2n) is 6.03. The molecule has 0 unspecified atom stereocenters. The van der Waals surface area contributed by atoms with E-state index in [2.05, 4.69) is 0 Å². The summed E-state index contributed by atoms with van der Waals surface area (Å²) in [5.74, 6) is -0.425. The molecule has 0 aromatic heterocycles. The van der Waals surface area contributed by atoms with Crippen LogP contribution in [0.5, 0.6) is 5.75 Å². The van der Waals surface area contributed by atoms with Crippen LogP contribution in [0.25, 0.3) is 0 Å². The maximum Gasteiger partial charge on any atom is 0.278 e. The van der Waals surface area contributed by atoms with E-state index in [4.69, 9.17) is 16.3 Å². The quantitative estimate of drug-likeness (QED) is 0.596. The second kappa shape index (κ2) is 8.46. The van der Waals surface area contributed by atoms with Gasteiger partial charge >= 0.3 is 0 Å². The zero-order valence-electron chi connectivity index (χ0n) is 15.1. The van der Waals surface area contributed by atoms with Gasteiger partial charge in [-0.2, -0.15) is 4.31 Å². The topological polar surface area (TPSA) is 63.7 Å². The van der Waals surface area contributed by atoms with E-state index in [1.54, 1.807) is 66.7 Å². The second-order valence-corrected chi connectivity index (χ2v) is 8.22. The van der Waals surface area contributed by atoms with E-state index in [0.29, 0.717) is 10.8 Å². The molecule has 0 heterocycles. The van der Waals surface area contributed by atoms with Crippen LogP contribution in [0.2, 0.25) is 5.02 Å². The summed E-state index contributed by atoms with van der Waals surface area (Å²) < 4.78 is 32.6. The predicted molar refractivity (Wildman–Crippen MR) is 109 cm³/mol. The molecule has 0 bridgehead atoms. The Bertz CT molecular complexity index is 1070. The van der Waals surface area contributed by atoms with Crippen LogP contribution in [-0.4, -0.2) is 20.9 Å². The standard InChI is InChI=1S/C21H18ClNO4S/c1-16-11-13-17(14-12-16)23(28(25,26)18-7-3-2-4-8-18)21(24)15-27-20-10-6-5-9-19(20)22/h2-14H,15H2,1H3. The van der Waals surface area contributed by atoms with Crippen molar-refractivity contribution in [2.75, 3.05) is 10.9 Å². The number of amides is 1. The first-order valence-electron chi connectivity index (χ1n) is 8.47. The van der Waals surface area contributed by atoms with Gasteiger partial charge in [0.05, 0.1) is 15.6 Å². The van der Waals surface area contributed by atoms with Crippen LogP contribution in [0, 0.1) is 6.92 Å². The van der Waals surface area contributed by atoms with Crippen molar-refractivity contribution in [1.29, 1.82) is 0 Å². The number of nitrogens with zero attached hydrogens (tertiary/aromatic N) is 1. The highest BCUT2D eigenvalue weighted by atomic mass is 35.5. The Hall–Kier alpha value is -2.83. The van der Waals surface area contributed by atoms with Gasteiger partial charge in [-0.15, -0.1) is 0 Å². The molecule has 1 amide bonds. The van der Waals surface area contributed by atoms with Crippen LogP contribution < -0.4 is 9.04 Å². The van der Waals surface area contributed by atoms with Gasteiger partial charge in [0.2, 0.25) is 0 Å². The number of ether oxygens (including phenoxy) is 1. The van der Waals surface area contributed by atoms with E-state index in [0.717, 1.165) is 9.87 Å². The van der Waals surface area contributed by atoms with Gasteiger partial charge in [-0.3, -0.25) is 4.79 Å². The van der Waals surface area contributed by atoms with Gasteiger partial charge in [0.15, 0.2) is 6.61 Å². The third kappa shape index (κ3) is 4.35. The molecule has 144 valence electrons. The number of hydrogen-bond acceptors (Lipinski definition) is 4. The maximum atomic E-state index is 13.2. The van der Waals surface area contributed by atoms with Gasteiger partial charge in [-0.05, 0) is 43.3 Å². The average molecular weight is 416 g/mol. The summed E-state index contributed by atoms with van der Waals surface area (Å²) in [6.07, 6.45) is 0. The number of halogens is 1. The highest BCUT2D eigenvalue weighted by Gasteiger charge is 2.31. The molecule has 0 aliphatic heterocycles. The largest absolute Gasteiger partial charge is 0.482 e. The van der Waals surface area contributed by atoms with Gasteiger partial charge in [-0.1, -0.05) is 59.6 Å². The summed E-state index contributed by atoms with van der Waals surface area (Å²) in [7, 11) is -4.11. The highest BCUT2D eigenvalue weighted by Crippen LogP contribution is 2.26. The fourth-order valence-electron chi connectivity index (χ4n) is 2.55. The fourth-order valence-corrected chi connectivity index (χ4v) is 4.18. The summed E-state index contributed by atoms with van der Waals surface area (Å²) in [5, 5.41) is 0.336. The number of sulfonamides is 1. The third-order valence-electron chi connectivity index (χ3n) is 3.96. The number of hydrogen-bond donors (Lipinski definition) is 0. The lowest BCUT2D eigenvalue weighted by Crippen LogP contribution is -2.40. The SMILES string of the molecule is Cc1ccc(N(C(=O)COc2ccccc2Cl)S(=O)(=O)c2ccccc2)cc1. The normalized spacial score (nSPS) is 11.1. The molecule has 28 heavy (non-hydrogen) atoms. The van der Waals surface area contributed by atoms with Crippen molar-refractivity contribution in [1.82, 2.24) is 0 Å². The minimum Gasteiger partial charge on any atom is -0.482 e. The Labute approximate surface area is 169 Å². The molecule has 0 spiro atoms. The summed E-state index contributed by atoms with van der Waals surface area (Å²) in [4.78, 5) is 12.9. The zero-order valence-corrected chi connectivity index (χ0v) is 16.7. The van der Waals surface area contributed by atoms with E-state index < -0.39 is 22.5 Å². The number of para-hydroxylation sites is 1. The van der Waals surface area contributed by atoms with Crippen LogP contribution in [0.15, 0.2) is 83.8 Å². The maximum absolute atomic E-state index is 13.2. The van der Waals surface area contributed by atoms with Crippen LogP contribution in [0.1, 0.15) is 5.56 Å². The number of benzene rings is 3. The molecular weight excluding hydrogens is 398 g/mol. The van der Waals surface area contributed by atoms with Crippen molar-refractivity contribution in [3.05, 3.63) is 89.4 Å². The van der Waals surface area contributed by atoms with Crippen LogP contribution in [-0.2, 0) is 14.8 Å². The molecule has 3 aromatic rings. The van der Waals surface area contributed by atoms with Crippen molar-refractivity contribution in [3.63, 3.8) is 0 Å². The molecule has 0 fully saturated rings. The van der Waals surface area contributed by atoms with Crippen LogP contribution >= 0.6 is 11.6 Å². The number of carbonyl (C=O) groups excluding carboxylic acids is 1. The summed E-state index contributed by atoms with van der Waals surface area (Å²) in [6, 6.07) is 21.1. The summed E-state index contributed by atoms with van der Waals surface area (Å²) in [5.41, 5.74) is 1.18. The Morgan fingerprint density at radius 3 is 2.18 bits per heavy atom. The number of aryl methyl sites for hydroxylation is 1. The van der Waals surface area contributed by atoms with Crippen molar-refractivity contribution < 1.29 is 17.9 Å². The van der Waals surface area contributed by atoms with Gasteiger partial charge < -0.3 is 4.74 Å². The minimum atomic E-state index is -4.11. The molecular formula is C21H18ClNO4S. The van der Waals surface area contributed by atoms with Gasteiger partial charge in [0.25, 0.3) is 15.9 Å². The van der Waals surface area contributed by atoms with Crippen molar-refractivity contribution in [2.24, 2.45) is 0 Å². The zero-order chi connectivity index (χ0) is 20.1. The predicted octanol–water partition coefficient (Wildman–Crippen LogP) is 4.45. The van der Waals surface area contributed by atoms with Crippen molar-refractivity contribution in [3.8, 4) is 5.75 Å². The molecule has 3 aromatic carbocycles. The molecule has 0 saturated heterocycles. The lowest BCUT2D eigenvalue weighted by molar-refractivity contribution is -0.119. The van der Waals surface area contributed by atoms with Crippen LogP contribution in [0.3, 0.4) is 0 Å². The lowest BCUT2D eigenvalue weighted by Gasteiger charge is -2.23. The molecule has 0 radical (unpaired) electrons. The molecule has 3 rings (SSSR count). The van der Waals surface area contributed by atoms with E-state index in [1.807, 2.05) is 6.92 Å². The molecule has 7 heteroatoms. The Morgan fingerprint density at radius 1 is 0.929 bits per heavy atom. The van der Waals surface area contributed by atoms with Crippen molar-refractivity contribution >= 4 is 33.2 Å². The van der Waals surface area contributed by atoms with E-state index in [1.165, 1.54) is 12.1 Å². The number of carbonyl (C=O) groups is 1. The van der Waals surface area contributed by atoms with Gasteiger partial charge in [-0.25, -0.2) is 8.42 Å². The third-order valence-corrected chi connectivity index (χ3v) is 6.04. The fraction of sp³-hybridized carbons (Fsp3) is 0.0952. The molecule has 5 nitrogen and oxygen atoms in total. The molecule has 0 saturated carbocycles. The summed E-state index contributed by atoms with van der Waals surface area (Å²) in [6.45, 7) is 1.39. The molecule has 0 N–H and O–H groups in total. The van der Waals surface area contributed by atoms with E-state index in [9.17, 15) is 13.2 Å². The Balaban J connectivity index is 1.95. The first-order chi connectivity index (χ1) is 13.4. The van der Waals surface area contributed by atoms with Gasteiger partial charge in [0, 0.05) is 0 Å². The van der Waals surface area contributed by atoms with E-state index in [-0.39, 0.29) is 10.6 Å². The highest BCUT2D eigenvalue weighted by molar-refractivity contribution is 7.93. The minimum absolute atomic E-state index is 0.0154. The summed E-state index contributed by atoms with van der Waals surface area (Å²) >= 11 is 6.04. The first kappa shape index (κ1) is 19.9. The molecule has 0 aliphatic rings. The average Bonchev–Trinajstić information content (AvgIpc) is 2.69. The lowest BCUT2D eigenvalue weighted by atomic mass is 10.2. The van der Waals surface area contributed by atoms with Crippen LogP contribution in [0.4, 0.5) is 5.69 Å². The smallest absolute Gasteiger partial charge is 0.278 e. The number of rotatable bonds is 6. The molecule has 0 aliphatic carbocycles. The molecule has 0 atom stereocenters. The first-order valence-corrected chi connectivity index (χ1v) is 10.3. The number of anilines is 1. The van der Waals surface area contributed by atoms with Gasteiger partial charge in [0.1, 0.15) is 5.75 Å². The monoisotopic (exact) mass is 415 g/mol. The Morgan fingerprint density at radius 2 is 1.54 bits per heavy atom.